The molecule has 0 aliphatic carbocycles. The zero-order chi connectivity index (χ0) is 13.5. The van der Waals surface area contributed by atoms with Crippen LogP contribution < -0.4 is 0 Å². The Morgan fingerprint density at radius 1 is 1.00 bits per heavy atom. The zero-order valence-electron chi connectivity index (χ0n) is 10.9. The molecule has 0 saturated heterocycles. The summed E-state index contributed by atoms with van der Waals surface area (Å²) in [6.45, 7) is 1.95. The number of hydrogen-bond acceptors (Lipinski definition) is 2. The molecule has 0 N–H and O–H groups in total. The molecule has 0 radical (unpaired) electrons. The summed E-state index contributed by atoms with van der Waals surface area (Å²) in [5.41, 5.74) is 2.90. The van der Waals surface area contributed by atoms with Gasteiger partial charge in [-0.25, -0.2) is 0 Å². The van der Waals surface area contributed by atoms with E-state index >= 15 is 0 Å². The summed E-state index contributed by atoms with van der Waals surface area (Å²) < 4.78 is 0. The highest BCUT2D eigenvalue weighted by atomic mass is 16.1. The predicted molar refractivity (Wildman–Crippen MR) is 75.5 cm³/mol. The minimum absolute atomic E-state index is 0.188. The van der Waals surface area contributed by atoms with Gasteiger partial charge in [0, 0.05) is 6.42 Å². The van der Waals surface area contributed by atoms with Gasteiger partial charge in [0.15, 0.2) is 0 Å². The lowest BCUT2D eigenvalue weighted by atomic mass is 10.1. The third-order valence-electron chi connectivity index (χ3n) is 2.86. The molecule has 0 aliphatic heterocycles. The largest absolute Gasteiger partial charge is 0.271 e. The van der Waals surface area contributed by atoms with Crippen molar-refractivity contribution in [3.05, 3.63) is 65.7 Å². The maximum Gasteiger partial charge on any atom is 0.265 e. The van der Waals surface area contributed by atoms with E-state index in [1.54, 1.807) is 0 Å². The number of rotatable bonds is 4. The Balaban J connectivity index is 1.90. The molecule has 0 fully saturated rings. The van der Waals surface area contributed by atoms with Gasteiger partial charge in [0.2, 0.25) is 0 Å². The number of carbonyl (C=O) groups excluding carboxylic acids is 1. The van der Waals surface area contributed by atoms with Gasteiger partial charge in [0.25, 0.3) is 5.91 Å². The standard InChI is InChI=1S/C16H16N2O/c1-13-7-5-6-10-15(13)17-18-16(19)12-11-14-8-3-2-4-9-14/h2-10H,11-12H2,1H3. The molecule has 0 heterocycles. The average Bonchev–Trinajstić information content (AvgIpc) is 2.45. The Hall–Kier alpha value is -2.29. The van der Waals surface area contributed by atoms with Gasteiger partial charge in [0.1, 0.15) is 0 Å². The predicted octanol–water partition coefficient (Wildman–Crippen LogP) is 4.24. The maximum absolute atomic E-state index is 11.6. The molecule has 2 aromatic rings. The molecule has 2 rings (SSSR count). The van der Waals surface area contributed by atoms with E-state index in [1.807, 2.05) is 61.5 Å². The van der Waals surface area contributed by atoms with Gasteiger partial charge in [-0.15, -0.1) is 10.2 Å². The molecular formula is C16H16N2O. The highest BCUT2D eigenvalue weighted by Gasteiger charge is 2.01. The van der Waals surface area contributed by atoms with E-state index in [2.05, 4.69) is 10.2 Å². The second-order valence-electron chi connectivity index (χ2n) is 4.37. The van der Waals surface area contributed by atoms with Crippen LogP contribution in [0.2, 0.25) is 0 Å². The van der Waals surface area contributed by atoms with Crippen LogP contribution in [0.1, 0.15) is 17.5 Å². The molecule has 1 amide bonds. The van der Waals surface area contributed by atoms with E-state index in [0.717, 1.165) is 16.8 Å². The minimum Gasteiger partial charge on any atom is -0.271 e. The number of amides is 1. The second-order valence-corrected chi connectivity index (χ2v) is 4.37. The van der Waals surface area contributed by atoms with Gasteiger partial charge in [-0.1, -0.05) is 48.5 Å². The molecule has 0 atom stereocenters. The molecule has 3 nitrogen and oxygen atoms in total. The Kier molecular flexibility index (Phi) is 4.56. The van der Waals surface area contributed by atoms with Gasteiger partial charge in [0.05, 0.1) is 5.69 Å². The molecule has 3 heteroatoms. The molecule has 0 bridgehead atoms. The first-order valence-electron chi connectivity index (χ1n) is 6.30. The van der Waals surface area contributed by atoms with Crippen molar-refractivity contribution in [1.29, 1.82) is 0 Å². The fraction of sp³-hybridized carbons (Fsp3) is 0.188. The molecule has 0 saturated carbocycles. The first kappa shape index (κ1) is 13.1. The minimum atomic E-state index is -0.188. The number of hydrogen-bond donors (Lipinski definition) is 0. The van der Waals surface area contributed by atoms with Gasteiger partial charge in [-0.05, 0) is 30.5 Å². The maximum atomic E-state index is 11.6. The monoisotopic (exact) mass is 252 g/mol. The molecule has 0 aromatic heterocycles. The van der Waals surface area contributed by atoms with Crippen molar-refractivity contribution in [2.75, 3.05) is 0 Å². The summed E-state index contributed by atoms with van der Waals surface area (Å²) in [4.78, 5) is 11.6. The lowest BCUT2D eigenvalue weighted by Gasteiger charge is -1.98. The van der Waals surface area contributed by atoms with Crippen molar-refractivity contribution in [3.8, 4) is 0 Å². The molecule has 0 aliphatic rings. The summed E-state index contributed by atoms with van der Waals surface area (Å²) in [5, 5.41) is 7.75. The lowest BCUT2D eigenvalue weighted by molar-refractivity contribution is -0.118. The number of benzene rings is 2. The van der Waals surface area contributed by atoms with Crippen molar-refractivity contribution in [2.24, 2.45) is 10.2 Å². The fourth-order valence-corrected chi connectivity index (χ4v) is 1.73. The Bertz CT molecular complexity index is 576. The Morgan fingerprint density at radius 3 is 2.42 bits per heavy atom. The number of aryl methyl sites for hydroxylation is 2. The summed E-state index contributed by atoms with van der Waals surface area (Å²) >= 11 is 0. The first-order valence-corrected chi connectivity index (χ1v) is 6.30. The summed E-state index contributed by atoms with van der Waals surface area (Å²) in [6.07, 6.45) is 1.09. The third-order valence-corrected chi connectivity index (χ3v) is 2.86. The normalized spacial score (nSPS) is 10.8. The van der Waals surface area contributed by atoms with Crippen LogP contribution in [-0.4, -0.2) is 5.91 Å². The summed E-state index contributed by atoms with van der Waals surface area (Å²) in [5.74, 6) is -0.188. The first-order chi connectivity index (χ1) is 9.25. The number of azo groups is 1. The van der Waals surface area contributed by atoms with Crippen LogP contribution >= 0.6 is 0 Å². The average molecular weight is 252 g/mol. The number of nitrogens with zero attached hydrogens (tertiary/aromatic N) is 2. The van der Waals surface area contributed by atoms with Crippen LogP contribution in [0.25, 0.3) is 0 Å². The van der Waals surface area contributed by atoms with Gasteiger partial charge in [-0.3, -0.25) is 4.79 Å². The molecule has 2 aromatic carbocycles. The van der Waals surface area contributed by atoms with Crippen molar-refractivity contribution in [2.45, 2.75) is 19.8 Å². The van der Waals surface area contributed by atoms with Crippen molar-refractivity contribution in [3.63, 3.8) is 0 Å². The molecule has 0 spiro atoms. The fourth-order valence-electron chi connectivity index (χ4n) is 1.73. The quantitative estimate of drug-likeness (QED) is 0.750. The van der Waals surface area contributed by atoms with Crippen molar-refractivity contribution >= 4 is 11.6 Å². The Morgan fingerprint density at radius 2 is 1.68 bits per heavy atom. The van der Waals surface area contributed by atoms with E-state index in [1.165, 1.54) is 0 Å². The van der Waals surface area contributed by atoms with E-state index in [4.69, 9.17) is 0 Å². The second kappa shape index (κ2) is 6.59. The molecule has 96 valence electrons. The van der Waals surface area contributed by atoms with Crippen LogP contribution in [0.5, 0.6) is 0 Å². The number of carbonyl (C=O) groups is 1. The van der Waals surface area contributed by atoms with Crippen molar-refractivity contribution in [1.82, 2.24) is 0 Å². The molecule has 0 unspecified atom stereocenters. The smallest absolute Gasteiger partial charge is 0.265 e. The zero-order valence-corrected chi connectivity index (χ0v) is 10.9. The molecular weight excluding hydrogens is 236 g/mol. The molecule has 19 heavy (non-hydrogen) atoms. The van der Waals surface area contributed by atoms with Crippen LogP contribution in [-0.2, 0) is 11.2 Å². The van der Waals surface area contributed by atoms with Crippen LogP contribution in [0.3, 0.4) is 0 Å². The summed E-state index contributed by atoms with van der Waals surface area (Å²) in [7, 11) is 0. The van der Waals surface area contributed by atoms with E-state index in [-0.39, 0.29) is 5.91 Å². The third kappa shape index (κ3) is 4.14. The highest BCUT2D eigenvalue weighted by molar-refractivity contribution is 5.76. The van der Waals surface area contributed by atoms with E-state index in [0.29, 0.717) is 12.8 Å². The lowest BCUT2D eigenvalue weighted by Crippen LogP contribution is -1.95. The van der Waals surface area contributed by atoms with Gasteiger partial charge < -0.3 is 0 Å². The topological polar surface area (TPSA) is 41.8 Å². The van der Waals surface area contributed by atoms with Crippen LogP contribution in [0, 0.1) is 6.92 Å². The van der Waals surface area contributed by atoms with Gasteiger partial charge in [-0.2, -0.15) is 0 Å². The van der Waals surface area contributed by atoms with Crippen LogP contribution in [0.4, 0.5) is 5.69 Å². The van der Waals surface area contributed by atoms with Gasteiger partial charge >= 0.3 is 0 Å². The summed E-state index contributed by atoms with van der Waals surface area (Å²) in [6, 6.07) is 17.5. The highest BCUT2D eigenvalue weighted by Crippen LogP contribution is 2.17. The SMILES string of the molecule is Cc1ccccc1N=NC(=O)CCc1ccccc1. The van der Waals surface area contributed by atoms with E-state index < -0.39 is 0 Å². The Labute approximate surface area is 113 Å². The van der Waals surface area contributed by atoms with Crippen molar-refractivity contribution < 1.29 is 4.79 Å². The van der Waals surface area contributed by atoms with Crippen LogP contribution in [0.15, 0.2) is 64.8 Å². The van der Waals surface area contributed by atoms with E-state index in [9.17, 15) is 4.79 Å².